The van der Waals surface area contributed by atoms with E-state index in [4.69, 9.17) is 28.4 Å². The summed E-state index contributed by atoms with van der Waals surface area (Å²) in [6.07, 6.45) is 12.6. The molecular formula is C58H56N2O8. The van der Waals surface area contributed by atoms with Crippen LogP contribution in [0.3, 0.4) is 0 Å². The predicted molar refractivity (Wildman–Crippen MR) is 269 cm³/mol. The van der Waals surface area contributed by atoms with Crippen molar-refractivity contribution in [2.24, 2.45) is 9.98 Å². The summed E-state index contributed by atoms with van der Waals surface area (Å²) < 4.78 is 34.8. The summed E-state index contributed by atoms with van der Waals surface area (Å²) in [5, 5.41) is 0. The molecule has 0 radical (unpaired) electrons. The molecule has 7 aromatic carbocycles. The van der Waals surface area contributed by atoms with Gasteiger partial charge in [-0.25, -0.2) is 9.59 Å². The van der Waals surface area contributed by atoms with Gasteiger partial charge in [0.1, 0.15) is 46.0 Å². The molecule has 0 aliphatic heterocycles. The molecule has 0 amide bonds. The fraction of sp³-hybridized carbons (Fsp3) is 0.207. The Morgan fingerprint density at radius 3 is 1.01 bits per heavy atom. The number of rotatable bonds is 24. The molecule has 7 aromatic rings. The van der Waals surface area contributed by atoms with Gasteiger partial charge < -0.3 is 28.4 Å². The molecule has 346 valence electrons. The summed E-state index contributed by atoms with van der Waals surface area (Å²) in [7, 11) is 0. The van der Waals surface area contributed by atoms with Crippen molar-refractivity contribution in [3.05, 3.63) is 192 Å². The van der Waals surface area contributed by atoms with Crippen LogP contribution < -0.4 is 28.4 Å². The molecule has 0 aliphatic rings. The van der Waals surface area contributed by atoms with Crippen LogP contribution in [0.2, 0.25) is 0 Å². The SMILES string of the molecule is CCCCCCOc1ccc(C(=O)Oc2ccc(C=Nc3ccc(Oc4ccc(Oc5ccc(N=Cc6ccc(OC(=O)c7ccc(OCCCCCC)cc7)cc6)cc5)cc4)cc3)cc2)cc1. The molecule has 0 N–H and O–H groups in total. The predicted octanol–water partition coefficient (Wildman–Crippen LogP) is 15.1. The van der Waals surface area contributed by atoms with Crippen molar-refractivity contribution in [3.63, 3.8) is 0 Å². The first-order valence-electron chi connectivity index (χ1n) is 23.2. The maximum atomic E-state index is 12.7. The van der Waals surface area contributed by atoms with Crippen molar-refractivity contribution >= 4 is 35.7 Å². The van der Waals surface area contributed by atoms with Crippen molar-refractivity contribution in [2.75, 3.05) is 13.2 Å². The molecule has 0 saturated carbocycles. The third-order valence-corrected chi connectivity index (χ3v) is 10.6. The van der Waals surface area contributed by atoms with Crippen LogP contribution in [0.15, 0.2) is 180 Å². The van der Waals surface area contributed by atoms with Gasteiger partial charge in [-0.15, -0.1) is 0 Å². The van der Waals surface area contributed by atoms with Gasteiger partial charge in [-0.2, -0.15) is 0 Å². The summed E-state index contributed by atoms with van der Waals surface area (Å²) >= 11 is 0. The molecule has 7 rings (SSSR count). The summed E-state index contributed by atoms with van der Waals surface area (Å²) in [5.74, 6) is 4.17. The van der Waals surface area contributed by atoms with E-state index in [2.05, 4.69) is 23.8 Å². The molecule has 0 atom stereocenters. The minimum absolute atomic E-state index is 0.431. The Morgan fingerprint density at radius 1 is 0.368 bits per heavy atom. The van der Waals surface area contributed by atoms with Crippen molar-refractivity contribution in [1.29, 1.82) is 0 Å². The third kappa shape index (κ3) is 15.6. The van der Waals surface area contributed by atoms with Crippen LogP contribution in [0, 0.1) is 0 Å². The number of carbonyl (C=O) groups excluding carboxylic acids is 2. The molecule has 0 fully saturated rings. The Balaban J connectivity index is 0.808. The van der Waals surface area contributed by atoms with E-state index in [1.165, 1.54) is 25.7 Å². The second-order valence-corrected chi connectivity index (χ2v) is 16.0. The number of ether oxygens (including phenoxy) is 6. The van der Waals surface area contributed by atoms with E-state index < -0.39 is 11.9 Å². The summed E-state index contributed by atoms with van der Waals surface area (Å²) in [4.78, 5) is 34.5. The number of hydrogen-bond donors (Lipinski definition) is 0. The zero-order valence-corrected chi connectivity index (χ0v) is 38.6. The lowest BCUT2D eigenvalue weighted by atomic mass is 10.2. The highest BCUT2D eigenvalue weighted by molar-refractivity contribution is 5.92. The highest BCUT2D eigenvalue weighted by atomic mass is 16.5. The Bertz CT molecular complexity index is 2490. The van der Waals surface area contributed by atoms with Crippen molar-refractivity contribution < 1.29 is 38.0 Å². The van der Waals surface area contributed by atoms with Gasteiger partial charge in [0, 0.05) is 12.4 Å². The first-order chi connectivity index (χ1) is 33.4. The maximum absolute atomic E-state index is 12.7. The van der Waals surface area contributed by atoms with E-state index in [1.54, 1.807) is 85.2 Å². The van der Waals surface area contributed by atoms with Crippen molar-refractivity contribution in [1.82, 2.24) is 0 Å². The Hall–Kier alpha value is -7.98. The molecule has 10 heteroatoms. The maximum Gasteiger partial charge on any atom is 0.343 e. The second-order valence-electron chi connectivity index (χ2n) is 16.0. The van der Waals surface area contributed by atoms with Crippen LogP contribution >= 0.6 is 0 Å². The second kappa shape index (κ2) is 25.6. The van der Waals surface area contributed by atoms with Gasteiger partial charge in [0.25, 0.3) is 0 Å². The van der Waals surface area contributed by atoms with Crippen LogP contribution in [-0.4, -0.2) is 37.6 Å². The highest BCUT2D eigenvalue weighted by Gasteiger charge is 2.11. The molecule has 0 saturated heterocycles. The Kier molecular flexibility index (Phi) is 18.1. The standard InChI is InChI=1S/C58H56N2O8/c1-3-5-7-9-39-63-49-27-15-45(16-28-49)57(61)67-55-23-11-43(12-24-55)41-59-47-19-31-51(32-20-47)65-53-35-37-54(38-36-53)66-52-33-21-48(22-34-52)60-42-44-13-25-56(26-14-44)68-58(62)46-17-29-50(30-18-46)64-40-10-8-6-4-2/h11-38,41-42H,3-10,39-40H2,1-2H3. The highest BCUT2D eigenvalue weighted by Crippen LogP contribution is 2.29. The fourth-order valence-corrected chi connectivity index (χ4v) is 6.73. The molecule has 0 unspecified atom stereocenters. The largest absolute Gasteiger partial charge is 0.494 e. The number of unbranched alkanes of at least 4 members (excludes halogenated alkanes) is 6. The summed E-state index contributed by atoms with van der Waals surface area (Å²) in [5.41, 5.74) is 4.14. The van der Waals surface area contributed by atoms with Gasteiger partial charge in [0.2, 0.25) is 0 Å². The molecule has 0 aliphatic carbocycles. The molecule has 0 aromatic heterocycles. The van der Waals surface area contributed by atoms with Crippen molar-refractivity contribution in [2.45, 2.75) is 65.2 Å². The van der Waals surface area contributed by atoms with E-state index in [1.807, 2.05) is 97.1 Å². The smallest absolute Gasteiger partial charge is 0.343 e. The lowest BCUT2D eigenvalue weighted by Gasteiger charge is -2.09. The monoisotopic (exact) mass is 908 g/mol. The minimum Gasteiger partial charge on any atom is -0.494 e. The molecular weight excluding hydrogens is 853 g/mol. The normalized spacial score (nSPS) is 11.1. The Labute approximate surface area is 398 Å². The van der Waals surface area contributed by atoms with E-state index in [-0.39, 0.29) is 0 Å². The van der Waals surface area contributed by atoms with Crippen LogP contribution in [0.1, 0.15) is 97.1 Å². The van der Waals surface area contributed by atoms with E-state index >= 15 is 0 Å². The summed E-state index contributed by atoms with van der Waals surface area (Å²) in [6, 6.07) is 50.7. The van der Waals surface area contributed by atoms with Gasteiger partial charge in [-0.1, -0.05) is 52.4 Å². The number of aliphatic imine (C=N–C) groups is 2. The fourth-order valence-electron chi connectivity index (χ4n) is 6.73. The molecule has 0 heterocycles. The van der Waals surface area contributed by atoms with Crippen molar-refractivity contribution in [3.8, 4) is 46.0 Å². The van der Waals surface area contributed by atoms with Crippen LogP contribution in [0.25, 0.3) is 0 Å². The van der Waals surface area contributed by atoms with Crippen LogP contribution in [-0.2, 0) is 0 Å². The zero-order valence-electron chi connectivity index (χ0n) is 38.6. The lowest BCUT2D eigenvalue weighted by Crippen LogP contribution is -2.08. The van der Waals surface area contributed by atoms with Gasteiger partial charge >= 0.3 is 11.9 Å². The number of esters is 2. The van der Waals surface area contributed by atoms with Gasteiger partial charge in [0.05, 0.1) is 35.7 Å². The van der Waals surface area contributed by atoms with Crippen LogP contribution in [0.5, 0.6) is 46.0 Å². The number of hydrogen-bond acceptors (Lipinski definition) is 10. The van der Waals surface area contributed by atoms with E-state index in [0.29, 0.717) is 58.8 Å². The topological polar surface area (TPSA) is 114 Å². The lowest BCUT2D eigenvalue weighted by molar-refractivity contribution is 0.0725. The first-order valence-corrected chi connectivity index (χ1v) is 23.2. The quantitative estimate of drug-likeness (QED) is 0.0255. The average Bonchev–Trinajstić information content (AvgIpc) is 3.37. The Morgan fingerprint density at radius 2 is 0.676 bits per heavy atom. The number of nitrogens with zero attached hydrogens (tertiary/aromatic N) is 2. The molecule has 68 heavy (non-hydrogen) atoms. The minimum atomic E-state index is -0.431. The van der Waals surface area contributed by atoms with Gasteiger partial charge in [-0.3, -0.25) is 9.98 Å². The van der Waals surface area contributed by atoms with Gasteiger partial charge in [-0.05, 0) is 194 Å². The summed E-state index contributed by atoms with van der Waals surface area (Å²) in [6.45, 7) is 5.70. The van der Waals surface area contributed by atoms with E-state index in [9.17, 15) is 9.59 Å². The average molecular weight is 909 g/mol. The number of carbonyl (C=O) groups is 2. The van der Waals surface area contributed by atoms with Gasteiger partial charge in [0.15, 0.2) is 0 Å². The first kappa shape index (κ1) is 48.0. The molecule has 0 spiro atoms. The van der Waals surface area contributed by atoms with Crippen LogP contribution in [0.4, 0.5) is 11.4 Å². The number of benzene rings is 7. The zero-order chi connectivity index (χ0) is 47.2. The molecule has 10 nitrogen and oxygen atoms in total. The third-order valence-electron chi connectivity index (χ3n) is 10.6. The molecule has 0 bridgehead atoms. The van der Waals surface area contributed by atoms with E-state index in [0.717, 1.165) is 59.7 Å².